The molecule has 1 atom stereocenters. The second-order valence-electron chi connectivity index (χ2n) is 5.62. The number of nitrogens with one attached hydrogen (secondary N) is 1. The predicted molar refractivity (Wildman–Crippen MR) is 77.6 cm³/mol. The van der Waals surface area contributed by atoms with Crippen LogP contribution in [0, 0.1) is 5.92 Å². The van der Waals surface area contributed by atoms with Crippen LogP contribution in [0.4, 0.5) is 0 Å². The number of hydrogen-bond donors (Lipinski definition) is 1. The summed E-state index contributed by atoms with van der Waals surface area (Å²) in [5.41, 5.74) is 0. The van der Waals surface area contributed by atoms with Crippen LogP contribution in [0.5, 0.6) is 0 Å². The van der Waals surface area contributed by atoms with Gasteiger partial charge < -0.3 is 10.2 Å². The fraction of sp³-hybridized carbons (Fsp3) is 0.846. The fourth-order valence-electron chi connectivity index (χ4n) is 3.25. The molecule has 2 aliphatic heterocycles. The molecule has 0 bridgehead atoms. The molecule has 6 heteroatoms. The molecule has 5 nitrogen and oxygen atoms in total. The molecule has 1 aromatic heterocycles. The quantitative estimate of drug-likeness (QED) is 0.910. The summed E-state index contributed by atoms with van der Waals surface area (Å²) in [6.07, 6.45) is 8.71. The highest BCUT2D eigenvalue weighted by atomic mass is 35.5. The van der Waals surface area contributed by atoms with Crippen LogP contribution in [0.25, 0.3) is 0 Å². The van der Waals surface area contributed by atoms with E-state index in [1.54, 1.807) is 6.33 Å². The molecule has 2 saturated heterocycles. The molecule has 2 fully saturated rings. The van der Waals surface area contributed by atoms with Crippen LogP contribution in [0.2, 0.25) is 0 Å². The smallest absolute Gasteiger partial charge is 0.137 e. The summed E-state index contributed by atoms with van der Waals surface area (Å²) in [7, 11) is 0. The van der Waals surface area contributed by atoms with Crippen molar-refractivity contribution in [3.63, 3.8) is 0 Å². The minimum absolute atomic E-state index is 0. The van der Waals surface area contributed by atoms with Crippen LogP contribution in [0.1, 0.15) is 31.7 Å². The maximum atomic E-state index is 4.29. The van der Waals surface area contributed by atoms with Gasteiger partial charge in [-0.2, -0.15) is 5.10 Å². The third kappa shape index (κ3) is 3.91. The zero-order valence-corrected chi connectivity index (χ0v) is 12.2. The number of rotatable bonds is 3. The highest BCUT2D eigenvalue weighted by molar-refractivity contribution is 5.85. The molecule has 3 rings (SSSR count). The first kappa shape index (κ1) is 14.8. The van der Waals surface area contributed by atoms with Gasteiger partial charge in [0.05, 0.1) is 6.04 Å². The van der Waals surface area contributed by atoms with Crippen LogP contribution < -0.4 is 5.32 Å². The van der Waals surface area contributed by atoms with Gasteiger partial charge in [0.1, 0.15) is 12.7 Å². The molecule has 1 N–H and O–H groups in total. The molecule has 0 saturated carbocycles. The van der Waals surface area contributed by atoms with E-state index in [4.69, 9.17) is 0 Å². The van der Waals surface area contributed by atoms with Gasteiger partial charge in [0.2, 0.25) is 0 Å². The molecule has 0 spiro atoms. The Morgan fingerprint density at radius 2 is 2.05 bits per heavy atom. The number of nitrogens with zero attached hydrogens (tertiary/aromatic N) is 4. The van der Waals surface area contributed by atoms with Gasteiger partial charge in [0, 0.05) is 13.1 Å². The Morgan fingerprint density at radius 3 is 2.79 bits per heavy atom. The summed E-state index contributed by atoms with van der Waals surface area (Å²) in [4.78, 5) is 6.69. The number of hydrogen-bond acceptors (Lipinski definition) is 4. The van der Waals surface area contributed by atoms with Crippen molar-refractivity contribution < 1.29 is 0 Å². The maximum Gasteiger partial charge on any atom is 0.137 e. The van der Waals surface area contributed by atoms with E-state index >= 15 is 0 Å². The predicted octanol–water partition coefficient (Wildman–Crippen LogP) is 1.34. The third-order valence-electron chi connectivity index (χ3n) is 4.27. The van der Waals surface area contributed by atoms with Gasteiger partial charge in [-0.1, -0.05) is 0 Å². The largest absolute Gasteiger partial charge is 0.317 e. The van der Waals surface area contributed by atoms with Crippen LogP contribution in [0.15, 0.2) is 12.7 Å². The lowest BCUT2D eigenvalue weighted by Gasteiger charge is -2.36. The van der Waals surface area contributed by atoms with Crippen molar-refractivity contribution in [3.05, 3.63) is 12.7 Å². The first-order valence-corrected chi connectivity index (χ1v) is 7.19. The standard InChI is InChI=1S/C13H23N5.ClH/c1-2-13(18-11-15-10-16-18)9-17(7-1)8-12-3-5-14-6-4-12;/h10-14H,1-9H2;1H. The van der Waals surface area contributed by atoms with E-state index in [0.29, 0.717) is 6.04 Å². The number of halogens is 1. The summed E-state index contributed by atoms with van der Waals surface area (Å²) in [5.74, 6) is 0.890. The van der Waals surface area contributed by atoms with Crippen molar-refractivity contribution in [2.75, 3.05) is 32.7 Å². The summed E-state index contributed by atoms with van der Waals surface area (Å²) in [6, 6.07) is 0.531. The van der Waals surface area contributed by atoms with Gasteiger partial charge in [-0.3, -0.25) is 0 Å². The molecular formula is C13H24ClN5. The second kappa shape index (κ2) is 7.22. The van der Waals surface area contributed by atoms with E-state index in [1.807, 2.05) is 11.0 Å². The van der Waals surface area contributed by atoms with E-state index < -0.39 is 0 Å². The molecule has 19 heavy (non-hydrogen) atoms. The lowest BCUT2D eigenvalue weighted by atomic mass is 9.96. The second-order valence-corrected chi connectivity index (χ2v) is 5.62. The number of likely N-dealkylation sites (tertiary alicyclic amines) is 1. The van der Waals surface area contributed by atoms with Gasteiger partial charge in [-0.05, 0) is 51.2 Å². The Labute approximate surface area is 121 Å². The Morgan fingerprint density at radius 1 is 1.21 bits per heavy atom. The van der Waals surface area contributed by atoms with E-state index in [1.165, 1.54) is 51.9 Å². The average molecular weight is 286 g/mol. The van der Waals surface area contributed by atoms with Gasteiger partial charge in [-0.25, -0.2) is 9.67 Å². The molecular weight excluding hydrogens is 262 g/mol. The Balaban J connectivity index is 0.00000133. The first-order chi connectivity index (χ1) is 8.92. The Hall–Kier alpha value is -0.650. The minimum atomic E-state index is 0. The zero-order valence-electron chi connectivity index (χ0n) is 11.4. The van der Waals surface area contributed by atoms with E-state index in [-0.39, 0.29) is 12.4 Å². The lowest BCUT2D eigenvalue weighted by molar-refractivity contribution is 0.137. The first-order valence-electron chi connectivity index (χ1n) is 7.19. The van der Waals surface area contributed by atoms with Crippen molar-refractivity contribution in [3.8, 4) is 0 Å². The molecule has 0 aromatic carbocycles. The van der Waals surface area contributed by atoms with Gasteiger partial charge >= 0.3 is 0 Å². The molecule has 0 amide bonds. The maximum absolute atomic E-state index is 4.29. The average Bonchev–Trinajstić information content (AvgIpc) is 2.94. The molecule has 3 heterocycles. The highest BCUT2D eigenvalue weighted by Crippen LogP contribution is 2.22. The van der Waals surface area contributed by atoms with Crippen LogP contribution in [-0.4, -0.2) is 52.4 Å². The van der Waals surface area contributed by atoms with E-state index in [0.717, 1.165) is 12.5 Å². The molecule has 108 valence electrons. The van der Waals surface area contributed by atoms with Crippen molar-refractivity contribution in [1.82, 2.24) is 25.0 Å². The van der Waals surface area contributed by atoms with Crippen molar-refractivity contribution in [2.24, 2.45) is 5.92 Å². The number of aromatic nitrogens is 3. The third-order valence-corrected chi connectivity index (χ3v) is 4.27. The Kier molecular flexibility index (Phi) is 5.60. The summed E-state index contributed by atoms with van der Waals surface area (Å²) >= 11 is 0. The van der Waals surface area contributed by atoms with Crippen molar-refractivity contribution in [1.29, 1.82) is 0 Å². The molecule has 1 unspecified atom stereocenters. The van der Waals surface area contributed by atoms with Crippen molar-refractivity contribution in [2.45, 2.75) is 31.7 Å². The highest BCUT2D eigenvalue weighted by Gasteiger charge is 2.24. The molecule has 0 aliphatic carbocycles. The van der Waals surface area contributed by atoms with E-state index in [2.05, 4.69) is 20.3 Å². The zero-order chi connectivity index (χ0) is 12.2. The monoisotopic (exact) mass is 285 g/mol. The minimum Gasteiger partial charge on any atom is -0.317 e. The van der Waals surface area contributed by atoms with Gasteiger partial charge in [-0.15, -0.1) is 12.4 Å². The van der Waals surface area contributed by atoms with E-state index in [9.17, 15) is 0 Å². The lowest BCUT2D eigenvalue weighted by Crippen LogP contribution is -2.41. The molecule has 0 radical (unpaired) electrons. The van der Waals surface area contributed by atoms with Crippen LogP contribution >= 0.6 is 12.4 Å². The SMILES string of the molecule is Cl.c1ncn(C2CCCN(CC3CCNCC3)C2)n1. The van der Waals surface area contributed by atoms with Crippen LogP contribution in [0.3, 0.4) is 0 Å². The van der Waals surface area contributed by atoms with Gasteiger partial charge in [0.15, 0.2) is 0 Å². The van der Waals surface area contributed by atoms with Gasteiger partial charge in [0.25, 0.3) is 0 Å². The molecule has 2 aliphatic rings. The van der Waals surface area contributed by atoms with Crippen LogP contribution in [-0.2, 0) is 0 Å². The van der Waals surface area contributed by atoms with Crippen molar-refractivity contribution >= 4 is 12.4 Å². The number of piperidine rings is 2. The summed E-state index contributed by atoms with van der Waals surface area (Å²) in [5, 5.41) is 7.73. The summed E-state index contributed by atoms with van der Waals surface area (Å²) < 4.78 is 2.04. The topological polar surface area (TPSA) is 46.0 Å². The summed E-state index contributed by atoms with van der Waals surface area (Å²) in [6.45, 7) is 6.07. The Bertz CT molecular complexity index is 350. The normalized spacial score (nSPS) is 26.0. The fourth-order valence-corrected chi connectivity index (χ4v) is 3.25. The molecule has 1 aromatic rings.